The summed E-state index contributed by atoms with van der Waals surface area (Å²) < 4.78 is 16.9. The number of carbonyl (C=O) groups excluding carboxylic acids is 3. The van der Waals surface area contributed by atoms with Crippen LogP contribution in [-0.4, -0.2) is 37.2 Å². The number of ether oxygens (including phenoxy) is 3. The first kappa shape index (κ1) is 76.5. The molecule has 0 aliphatic heterocycles. The maximum absolute atomic E-state index is 12.9. The van der Waals surface area contributed by atoms with Crippen LogP contribution in [0.5, 0.6) is 0 Å². The molecule has 0 aliphatic rings. The van der Waals surface area contributed by atoms with Gasteiger partial charge in [-0.1, -0.05) is 302 Å². The van der Waals surface area contributed by atoms with Crippen LogP contribution >= 0.6 is 0 Å². The summed E-state index contributed by atoms with van der Waals surface area (Å²) in [7, 11) is 0. The van der Waals surface area contributed by atoms with Crippen molar-refractivity contribution in [3.8, 4) is 0 Å². The number of esters is 3. The molecule has 0 saturated carbocycles. The molecule has 1 atom stereocenters. The van der Waals surface area contributed by atoms with Gasteiger partial charge in [0.1, 0.15) is 13.2 Å². The second-order valence-electron chi connectivity index (χ2n) is 22.0. The van der Waals surface area contributed by atoms with Crippen molar-refractivity contribution in [2.45, 2.75) is 309 Å². The van der Waals surface area contributed by atoms with Gasteiger partial charge in [-0.25, -0.2) is 0 Å². The first-order valence-corrected chi connectivity index (χ1v) is 33.7. The van der Waals surface area contributed by atoms with E-state index in [9.17, 15) is 14.4 Å². The van der Waals surface area contributed by atoms with E-state index in [4.69, 9.17) is 14.2 Å². The highest BCUT2D eigenvalue weighted by atomic mass is 16.6. The second-order valence-corrected chi connectivity index (χ2v) is 22.0. The maximum atomic E-state index is 12.9. The van der Waals surface area contributed by atoms with E-state index < -0.39 is 6.10 Å². The monoisotopic (exact) mass is 1120 g/mol. The van der Waals surface area contributed by atoms with Crippen molar-refractivity contribution >= 4 is 17.9 Å². The average molecular weight is 1120 g/mol. The van der Waals surface area contributed by atoms with Crippen LogP contribution < -0.4 is 0 Å². The van der Waals surface area contributed by atoms with Gasteiger partial charge in [-0.3, -0.25) is 14.4 Å². The number of hydrogen-bond acceptors (Lipinski definition) is 6. The third-order valence-electron chi connectivity index (χ3n) is 14.2. The molecule has 0 aromatic rings. The van der Waals surface area contributed by atoms with E-state index in [2.05, 4.69) is 154 Å². The van der Waals surface area contributed by atoms with E-state index >= 15 is 0 Å². The lowest BCUT2D eigenvalue weighted by Crippen LogP contribution is -2.30. The molecule has 0 radical (unpaired) electrons. The molecule has 0 aromatic heterocycles. The minimum atomic E-state index is -0.797. The molecule has 0 saturated heterocycles. The van der Waals surface area contributed by atoms with Crippen LogP contribution in [0.2, 0.25) is 0 Å². The first-order valence-electron chi connectivity index (χ1n) is 33.7. The zero-order valence-electron chi connectivity index (χ0n) is 52.8. The molecule has 81 heavy (non-hydrogen) atoms. The summed E-state index contributed by atoms with van der Waals surface area (Å²) in [5.74, 6) is -0.911. The fraction of sp³-hybridized carbons (Fsp3) is 0.667. The Morgan fingerprint density at radius 1 is 0.259 bits per heavy atom. The van der Waals surface area contributed by atoms with E-state index in [1.807, 2.05) is 0 Å². The van der Waals surface area contributed by atoms with Crippen molar-refractivity contribution in [1.82, 2.24) is 0 Å². The molecule has 0 fully saturated rings. The quantitative estimate of drug-likeness (QED) is 0.0261. The molecule has 460 valence electrons. The fourth-order valence-electron chi connectivity index (χ4n) is 9.18. The summed E-state index contributed by atoms with van der Waals surface area (Å²) in [4.78, 5) is 38.4. The topological polar surface area (TPSA) is 78.9 Å². The summed E-state index contributed by atoms with van der Waals surface area (Å²) in [5, 5.41) is 0. The molecule has 0 amide bonds. The Morgan fingerprint density at radius 3 is 0.753 bits per heavy atom. The van der Waals surface area contributed by atoms with Gasteiger partial charge in [0.2, 0.25) is 0 Å². The minimum absolute atomic E-state index is 0.0899. The van der Waals surface area contributed by atoms with Gasteiger partial charge in [0.05, 0.1) is 0 Å². The molecular formula is C75H124O6. The zero-order valence-corrected chi connectivity index (χ0v) is 52.8. The van der Waals surface area contributed by atoms with Crippen molar-refractivity contribution in [2.75, 3.05) is 13.2 Å². The number of allylic oxidation sites excluding steroid dienone is 22. The highest BCUT2D eigenvalue weighted by Gasteiger charge is 2.19. The Kier molecular flexibility index (Phi) is 64.3. The van der Waals surface area contributed by atoms with E-state index in [1.165, 1.54) is 122 Å². The Bertz CT molecular complexity index is 1720. The van der Waals surface area contributed by atoms with Crippen LogP contribution in [0.3, 0.4) is 0 Å². The SMILES string of the molecule is CC/C=C\C/C=C\C/C=C\C/C=C\C/C=C\C/C=C\CCCCCCC(=O)OC(COC(=O)CCCCCCCCCCCCC/C=C\C/C=C\C/C=C\C/C=C\C/C=C\CC)COC(=O)CCCCCCCCCCCCCCC. The van der Waals surface area contributed by atoms with Crippen LogP contribution in [0.4, 0.5) is 0 Å². The number of rotatable bonds is 60. The van der Waals surface area contributed by atoms with Crippen molar-refractivity contribution < 1.29 is 28.6 Å². The Morgan fingerprint density at radius 2 is 0.481 bits per heavy atom. The van der Waals surface area contributed by atoms with Gasteiger partial charge < -0.3 is 14.2 Å². The molecular weight excluding hydrogens is 997 g/mol. The van der Waals surface area contributed by atoms with E-state index in [0.717, 1.165) is 141 Å². The van der Waals surface area contributed by atoms with Crippen LogP contribution in [-0.2, 0) is 28.6 Å². The Hall–Kier alpha value is -4.45. The summed E-state index contributed by atoms with van der Waals surface area (Å²) in [5.41, 5.74) is 0. The lowest BCUT2D eigenvalue weighted by atomic mass is 10.0. The third-order valence-corrected chi connectivity index (χ3v) is 14.2. The van der Waals surface area contributed by atoms with E-state index in [-0.39, 0.29) is 31.1 Å². The summed E-state index contributed by atoms with van der Waals surface area (Å²) in [6, 6.07) is 0. The van der Waals surface area contributed by atoms with Crippen molar-refractivity contribution in [2.24, 2.45) is 0 Å². The zero-order chi connectivity index (χ0) is 58.5. The Balaban J connectivity index is 4.37. The van der Waals surface area contributed by atoms with Crippen LogP contribution in [0, 0.1) is 0 Å². The Labute approximate surface area is 500 Å². The van der Waals surface area contributed by atoms with Gasteiger partial charge >= 0.3 is 17.9 Å². The smallest absolute Gasteiger partial charge is 0.306 e. The summed E-state index contributed by atoms with van der Waals surface area (Å²) >= 11 is 0. The fourth-order valence-corrected chi connectivity index (χ4v) is 9.18. The van der Waals surface area contributed by atoms with Crippen LogP contribution in [0.1, 0.15) is 303 Å². The van der Waals surface area contributed by atoms with Gasteiger partial charge in [-0.15, -0.1) is 0 Å². The molecule has 0 spiro atoms. The first-order chi connectivity index (χ1) is 40.0. The highest BCUT2D eigenvalue weighted by Crippen LogP contribution is 2.16. The predicted molar refractivity (Wildman–Crippen MR) is 353 cm³/mol. The molecule has 0 bridgehead atoms. The number of hydrogen-bond donors (Lipinski definition) is 0. The molecule has 0 aliphatic carbocycles. The van der Waals surface area contributed by atoms with Crippen molar-refractivity contribution in [1.29, 1.82) is 0 Å². The normalized spacial score (nSPS) is 13.0. The summed E-state index contributed by atoms with van der Waals surface area (Å²) in [6.45, 7) is 6.41. The predicted octanol–water partition coefficient (Wildman–Crippen LogP) is 23.3. The van der Waals surface area contributed by atoms with Crippen molar-refractivity contribution in [3.63, 3.8) is 0 Å². The lowest BCUT2D eigenvalue weighted by Gasteiger charge is -2.18. The largest absolute Gasteiger partial charge is 0.462 e. The van der Waals surface area contributed by atoms with Gasteiger partial charge in [0.25, 0.3) is 0 Å². The van der Waals surface area contributed by atoms with E-state index in [0.29, 0.717) is 19.3 Å². The average Bonchev–Trinajstić information content (AvgIpc) is 3.47. The number of unbranched alkanes of at least 4 members (excludes halogenated alkanes) is 27. The van der Waals surface area contributed by atoms with Gasteiger partial charge in [0.15, 0.2) is 6.10 Å². The van der Waals surface area contributed by atoms with Gasteiger partial charge in [-0.2, -0.15) is 0 Å². The third kappa shape index (κ3) is 66.2. The second kappa shape index (κ2) is 68.1. The lowest BCUT2D eigenvalue weighted by molar-refractivity contribution is -0.167. The molecule has 0 N–H and O–H groups in total. The molecule has 0 aromatic carbocycles. The molecule has 6 heteroatoms. The van der Waals surface area contributed by atoms with Gasteiger partial charge in [0, 0.05) is 19.3 Å². The highest BCUT2D eigenvalue weighted by molar-refractivity contribution is 5.71. The summed E-state index contributed by atoms with van der Waals surface area (Å²) in [6.07, 6.45) is 96.0. The molecule has 1 unspecified atom stereocenters. The molecule has 0 rings (SSSR count). The van der Waals surface area contributed by atoms with Crippen LogP contribution in [0.15, 0.2) is 134 Å². The van der Waals surface area contributed by atoms with Crippen LogP contribution in [0.25, 0.3) is 0 Å². The number of carbonyl (C=O) groups is 3. The van der Waals surface area contributed by atoms with Gasteiger partial charge in [-0.05, 0) is 116 Å². The van der Waals surface area contributed by atoms with Crippen molar-refractivity contribution in [3.05, 3.63) is 134 Å². The maximum Gasteiger partial charge on any atom is 0.306 e. The molecule has 0 heterocycles. The minimum Gasteiger partial charge on any atom is -0.462 e. The molecule has 6 nitrogen and oxygen atoms in total. The van der Waals surface area contributed by atoms with E-state index in [1.54, 1.807) is 0 Å². The standard InChI is InChI=1S/C75H124O6/c1-4-7-10-13-16-19-22-25-27-29-31-33-35-36-37-38-40-41-43-45-47-50-53-56-59-62-65-68-74(77)80-71-72(70-79-73(76)67-64-61-58-55-52-49-24-21-18-15-12-9-6-3)81-75(78)69-66-63-60-57-54-51-48-46-44-42-39-34-32-30-28-26-23-20-17-14-11-8-5-2/h7-8,10-11,16-17,19-20,25-28,31-34,36-37,42,44,48,51,72H,4-6,9,12-15,18,21-24,29-30,35,38-41,43,45-47,49-50,52-71H2,1-3H3/b10-7-,11-8-,19-16-,20-17-,27-25-,28-26-,33-31-,34-32-,37-36-,44-42-,51-48-.